The molecule has 0 aliphatic carbocycles. The lowest BCUT2D eigenvalue weighted by Crippen LogP contribution is -2.02. The third-order valence-electron chi connectivity index (χ3n) is 1.75. The minimum Gasteiger partial charge on any atom is -0.468 e. The maximum Gasteiger partial charge on any atom is 0.148 e. The summed E-state index contributed by atoms with van der Waals surface area (Å²) in [6.45, 7) is 4.59. The summed E-state index contributed by atoms with van der Waals surface area (Å²) >= 11 is 0. The molecule has 0 amide bonds. The number of rotatable bonds is 6. The molecule has 0 aliphatic heterocycles. The van der Waals surface area contributed by atoms with Crippen molar-refractivity contribution in [2.75, 3.05) is 0 Å². The Labute approximate surface area is 70.0 Å². The summed E-state index contributed by atoms with van der Waals surface area (Å²) in [5.41, 5.74) is 0.920. The molecule has 0 heterocycles. The first-order valence-electron chi connectivity index (χ1n) is 4.30. The van der Waals surface area contributed by atoms with Crippen LogP contribution in [-0.4, -0.2) is 20.2 Å². The van der Waals surface area contributed by atoms with Crippen molar-refractivity contribution in [3.8, 4) is 0 Å². The number of hydrogen-bond donors (Lipinski definition) is 0. The van der Waals surface area contributed by atoms with E-state index < -0.39 is 0 Å². The largest absolute Gasteiger partial charge is 0.468 e. The molecule has 1 atom stereocenters. The van der Waals surface area contributed by atoms with Gasteiger partial charge in [-0.2, -0.15) is 0 Å². The monoisotopic (exact) mass is 176 g/mol. The molecular formula is C7H20OSi2. The first-order valence-corrected chi connectivity index (χ1v) is 6.51. The van der Waals surface area contributed by atoms with Crippen molar-refractivity contribution in [3.05, 3.63) is 0 Å². The molecule has 3 heteroatoms. The van der Waals surface area contributed by atoms with Gasteiger partial charge >= 0.3 is 0 Å². The zero-order chi connectivity index (χ0) is 7.82. The highest BCUT2D eigenvalue weighted by atomic mass is 28.3. The van der Waals surface area contributed by atoms with Crippen molar-refractivity contribution in [2.45, 2.75) is 45.1 Å². The second-order valence-corrected chi connectivity index (χ2v) is 7.09. The van der Waals surface area contributed by atoms with Crippen LogP contribution < -0.4 is 0 Å². The highest BCUT2D eigenvalue weighted by molar-refractivity contribution is 6.35. The Kier molecular flexibility index (Phi) is 7.80. The zero-order valence-electron chi connectivity index (χ0n) is 7.52. The maximum absolute atomic E-state index is 5.31. The van der Waals surface area contributed by atoms with Crippen LogP contribution in [0.5, 0.6) is 0 Å². The number of hydrogen-bond acceptors (Lipinski definition) is 1. The Morgan fingerprint density at radius 3 is 2.70 bits per heavy atom. The van der Waals surface area contributed by atoms with Crippen LogP contribution in [0.4, 0.5) is 0 Å². The van der Waals surface area contributed by atoms with E-state index in [1.54, 1.807) is 0 Å². The molecule has 0 saturated heterocycles. The highest BCUT2D eigenvalue weighted by Gasteiger charge is 1.99. The minimum atomic E-state index is -0.120. The SMILES string of the molecule is CCCCCC(C)[SiH2]O[SiH3]. The third kappa shape index (κ3) is 6.51. The molecule has 1 nitrogen and oxygen atoms in total. The molecule has 0 fully saturated rings. The van der Waals surface area contributed by atoms with E-state index in [9.17, 15) is 0 Å². The van der Waals surface area contributed by atoms with Crippen LogP contribution in [0.1, 0.15) is 39.5 Å². The molecule has 0 aliphatic rings. The van der Waals surface area contributed by atoms with Crippen molar-refractivity contribution in [1.82, 2.24) is 0 Å². The van der Waals surface area contributed by atoms with E-state index in [2.05, 4.69) is 13.8 Å². The molecule has 0 aromatic rings. The van der Waals surface area contributed by atoms with Gasteiger partial charge in [-0.1, -0.05) is 39.5 Å². The summed E-state index contributed by atoms with van der Waals surface area (Å²) in [5, 5.41) is 0. The Morgan fingerprint density at radius 1 is 1.50 bits per heavy atom. The van der Waals surface area contributed by atoms with E-state index in [4.69, 9.17) is 4.12 Å². The molecule has 1 unspecified atom stereocenters. The topological polar surface area (TPSA) is 9.23 Å². The standard InChI is InChI=1S/C7H20OSi2/c1-3-4-5-6-7(2)10-8-9/h7H,3-6,10H2,1-2,9H3. The van der Waals surface area contributed by atoms with E-state index in [0.29, 0.717) is 0 Å². The Bertz CT molecular complexity index is 68.6. The summed E-state index contributed by atoms with van der Waals surface area (Å²) in [5.74, 6) is 0. The van der Waals surface area contributed by atoms with Gasteiger partial charge in [-0.15, -0.1) is 0 Å². The lowest BCUT2D eigenvalue weighted by Gasteiger charge is -2.07. The Morgan fingerprint density at radius 2 is 2.20 bits per heavy atom. The van der Waals surface area contributed by atoms with Gasteiger partial charge in [0.1, 0.15) is 20.2 Å². The summed E-state index contributed by atoms with van der Waals surface area (Å²) < 4.78 is 5.31. The van der Waals surface area contributed by atoms with Gasteiger partial charge < -0.3 is 4.12 Å². The van der Waals surface area contributed by atoms with Crippen molar-refractivity contribution >= 4 is 20.2 Å². The van der Waals surface area contributed by atoms with Gasteiger partial charge in [0, 0.05) is 0 Å². The van der Waals surface area contributed by atoms with Crippen LogP contribution in [0.2, 0.25) is 5.54 Å². The van der Waals surface area contributed by atoms with E-state index in [-0.39, 0.29) is 9.76 Å². The minimum absolute atomic E-state index is 0.120. The molecule has 62 valence electrons. The van der Waals surface area contributed by atoms with Gasteiger partial charge in [0.25, 0.3) is 0 Å². The van der Waals surface area contributed by atoms with Crippen molar-refractivity contribution in [2.24, 2.45) is 0 Å². The van der Waals surface area contributed by atoms with Gasteiger partial charge in [-0.05, 0) is 5.54 Å². The summed E-state index contributed by atoms with van der Waals surface area (Å²) in [7, 11) is 0.838. The fourth-order valence-electron chi connectivity index (χ4n) is 1.11. The van der Waals surface area contributed by atoms with Crippen LogP contribution in [-0.2, 0) is 4.12 Å². The first kappa shape index (κ1) is 10.4. The fourth-order valence-corrected chi connectivity index (χ4v) is 3.84. The van der Waals surface area contributed by atoms with E-state index in [1.807, 2.05) is 0 Å². The summed E-state index contributed by atoms with van der Waals surface area (Å²) in [4.78, 5) is 0. The molecule has 10 heavy (non-hydrogen) atoms. The summed E-state index contributed by atoms with van der Waals surface area (Å²) in [6.07, 6.45) is 5.56. The molecular weight excluding hydrogens is 156 g/mol. The van der Waals surface area contributed by atoms with Crippen LogP contribution in [0.15, 0.2) is 0 Å². The van der Waals surface area contributed by atoms with E-state index in [1.165, 1.54) is 25.7 Å². The highest BCUT2D eigenvalue weighted by Crippen LogP contribution is 2.12. The van der Waals surface area contributed by atoms with E-state index >= 15 is 0 Å². The summed E-state index contributed by atoms with van der Waals surface area (Å²) in [6, 6.07) is 0. The molecule has 0 N–H and O–H groups in total. The van der Waals surface area contributed by atoms with Gasteiger partial charge in [0.15, 0.2) is 0 Å². The van der Waals surface area contributed by atoms with E-state index in [0.717, 1.165) is 16.0 Å². The smallest absolute Gasteiger partial charge is 0.148 e. The molecule has 0 saturated carbocycles. The molecule has 0 aromatic carbocycles. The van der Waals surface area contributed by atoms with Gasteiger partial charge in [0.2, 0.25) is 0 Å². The fraction of sp³-hybridized carbons (Fsp3) is 1.00. The van der Waals surface area contributed by atoms with Gasteiger partial charge in [-0.3, -0.25) is 0 Å². The Hall–Kier alpha value is 0.394. The second-order valence-electron chi connectivity index (χ2n) is 3.06. The molecule has 0 rings (SSSR count). The quantitative estimate of drug-likeness (QED) is 0.429. The maximum atomic E-state index is 5.31. The van der Waals surface area contributed by atoms with Crippen LogP contribution in [0.25, 0.3) is 0 Å². The predicted molar refractivity (Wildman–Crippen MR) is 53.1 cm³/mol. The predicted octanol–water partition coefficient (Wildman–Crippen LogP) is 0.756. The molecule has 0 radical (unpaired) electrons. The van der Waals surface area contributed by atoms with Gasteiger partial charge in [-0.25, -0.2) is 0 Å². The Balaban J connectivity index is 2.97. The molecule has 0 bridgehead atoms. The number of unbranched alkanes of at least 4 members (excludes halogenated alkanes) is 2. The third-order valence-corrected chi connectivity index (χ3v) is 4.06. The molecule has 0 spiro atoms. The zero-order valence-corrected chi connectivity index (χ0v) is 10.9. The van der Waals surface area contributed by atoms with Crippen molar-refractivity contribution < 1.29 is 4.12 Å². The van der Waals surface area contributed by atoms with Crippen molar-refractivity contribution in [3.63, 3.8) is 0 Å². The van der Waals surface area contributed by atoms with Gasteiger partial charge in [0.05, 0.1) is 0 Å². The van der Waals surface area contributed by atoms with Crippen LogP contribution >= 0.6 is 0 Å². The normalized spacial score (nSPS) is 15.0. The molecule has 0 aromatic heterocycles. The van der Waals surface area contributed by atoms with Crippen LogP contribution in [0.3, 0.4) is 0 Å². The second kappa shape index (κ2) is 7.50. The average molecular weight is 176 g/mol. The van der Waals surface area contributed by atoms with Crippen molar-refractivity contribution in [1.29, 1.82) is 0 Å². The lowest BCUT2D eigenvalue weighted by atomic mass is 10.2. The lowest BCUT2D eigenvalue weighted by molar-refractivity contribution is 0.593. The average Bonchev–Trinajstić information content (AvgIpc) is 1.89. The van der Waals surface area contributed by atoms with Crippen LogP contribution in [0, 0.1) is 0 Å². The first-order chi connectivity index (χ1) is 4.81.